The number of amides is 5. The van der Waals surface area contributed by atoms with Crippen molar-refractivity contribution in [2.75, 3.05) is 6.54 Å². The number of nitrogens with one attached hydrogen (secondary N) is 5. The molecule has 3 rings (SSSR count). The van der Waals surface area contributed by atoms with E-state index in [1.807, 2.05) is 0 Å². The van der Waals surface area contributed by atoms with Gasteiger partial charge in [-0.2, -0.15) is 13.2 Å². The van der Waals surface area contributed by atoms with Gasteiger partial charge in [-0.15, -0.1) is 0 Å². The molecule has 0 bridgehead atoms. The van der Waals surface area contributed by atoms with Gasteiger partial charge in [0.25, 0.3) is 0 Å². The van der Waals surface area contributed by atoms with Crippen LogP contribution in [0.1, 0.15) is 102 Å². The van der Waals surface area contributed by atoms with Gasteiger partial charge in [0.2, 0.25) is 5.91 Å². The number of aliphatic hydroxyl groups is 4. The van der Waals surface area contributed by atoms with Crippen LogP contribution in [0.4, 0.5) is 27.6 Å². The standard InChI is InChI=1S/C41H68F3N5O16/c1-12-14-23(50)31(54)46-21-17-22(48-37(58)65-40(9,10)11)30(28(53)29(21)62-33-27(52)25(26(51)24(13-2)60-33)49-34(55)41(42,43)44)61-32-20(47-36(57)64-39(6,7)8)16-15-19(59-32)18-45-35(56)63-38(3,4)5/h15-16,19-30,32-33,50-53H,12-14,17-18H2,1-11H3,(H,45,56)(H,46,54)(H,47,57)(H,48,58)(H,49,55)/t19?,20?,21-,22+,23+,24?,25+,26-,27?,28?,29+,30?,32-,33-/m1/s1. The Kier molecular flexibility index (Phi) is 19.3. The topological polar surface area (TPSA) is 291 Å². The first-order valence-electron chi connectivity index (χ1n) is 21.5. The fraction of sp³-hybridized carbons (Fsp3) is 0.829. The van der Waals surface area contributed by atoms with Gasteiger partial charge in [0, 0.05) is 0 Å². The van der Waals surface area contributed by atoms with E-state index in [1.165, 1.54) is 19.1 Å². The maximum Gasteiger partial charge on any atom is 0.471 e. The van der Waals surface area contributed by atoms with Crippen LogP contribution in [-0.4, -0.2) is 166 Å². The van der Waals surface area contributed by atoms with Crippen molar-refractivity contribution in [2.24, 2.45) is 0 Å². The van der Waals surface area contributed by atoms with Crippen LogP contribution in [0.25, 0.3) is 0 Å². The highest BCUT2D eigenvalue weighted by atomic mass is 19.4. The molecule has 0 radical (unpaired) electrons. The predicted octanol–water partition coefficient (Wildman–Crippen LogP) is 1.66. The van der Waals surface area contributed by atoms with Crippen molar-refractivity contribution < 1.29 is 90.7 Å². The van der Waals surface area contributed by atoms with E-state index in [2.05, 4.69) is 21.3 Å². The Hall–Kier alpha value is -4.04. The van der Waals surface area contributed by atoms with E-state index in [-0.39, 0.29) is 19.4 Å². The Morgan fingerprint density at radius 3 is 1.74 bits per heavy atom. The summed E-state index contributed by atoms with van der Waals surface area (Å²) in [5, 5.41) is 57.1. The highest BCUT2D eigenvalue weighted by molar-refractivity contribution is 5.82. The number of aliphatic hydroxyl groups excluding tert-OH is 4. The number of rotatable bonds is 14. The molecule has 1 saturated heterocycles. The zero-order valence-corrected chi connectivity index (χ0v) is 38.6. The monoisotopic (exact) mass is 943 g/mol. The molecular weight excluding hydrogens is 875 g/mol. The van der Waals surface area contributed by atoms with Crippen molar-refractivity contribution >= 4 is 30.1 Å². The third-order valence-corrected chi connectivity index (χ3v) is 9.78. The number of ether oxygens (including phenoxy) is 7. The average molecular weight is 944 g/mol. The lowest BCUT2D eigenvalue weighted by Crippen LogP contribution is -2.70. The van der Waals surface area contributed by atoms with E-state index in [0.29, 0.717) is 6.42 Å². The quantitative estimate of drug-likeness (QED) is 0.0884. The zero-order chi connectivity index (χ0) is 49.4. The lowest BCUT2D eigenvalue weighted by molar-refractivity contribution is -0.312. The molecule has 3 aliphatic rings. The van der Waals surface area contributed by atoms with Gasteiger partial charge in [0.05, 0.1) is 36.9 Å². The molecule has 2 fully saturated rings. The smallest absolute Gasteiger partial charge is 0.444 e. The molecule has 5 amide bonds. The van der Waals surface area contributed by atoms with Gasteiger partial charge in [0.15, 0.2) is 12.6 Å². The summed E-state index contributed by atoms with van der Waals surface area (Å²) < 4.78 is 80.9. The van der Waals surface area contributed by atoms with Crippen molar-refractivity contribution in [3.63, 3.8) is 0 Å². The fourth-order valence-corrected chi connectivity index (χ4v) is 7.01. The van der Waals surface area contributed by atoms with Crippen LogP contribution in [0.2, 0.25) is 0 Å². The first-order valence-corrected chi connectivity index (χ1v) is 21.5. The maximum absolute atomic E-state index is 13.4. The summed E-state index contributed by atoms with van der Waals surface area (Å²) >= 11 is 0. The first-order chi connectivity index (χ1) is 29.8. The Labute approximate surface area is 376 Å². The predicted molar refractivity (Wildman–Crippen MR) is 221 cm³/mol. The normalized spacial score (nSPS) is 31.4. The molecule has 0 aromatic rings. The molecule has 374 valence electrons. The molecule has 21 nitrogen and oxygen atoms in total. The molecule has 6 unspecified atom stereocenters. The minimum atomic E-state index is -5.41. The van der Waals surface area contributed by atoms with Gasteiger partial charge in [-0.05, 0) is 81.6 Å². The number of halogens is 3. The molecule has 1 aliphatic carbocycles. The van der Waals surface area contributed by atoms with Crippen LogP contribution in [0.15, 0.2) is 12.2 Å². The van der Waals surface area contributed by atoms with Crippen LogP contribution < -0.4 is 26.6 Å². The van der Waals surface area contributed by atoms with Gasteiger partial charge >= 0.3 is 30.4 Å². The Bertz CT molecular complexity index is 1650. The van der Waals surface area contributed by atoms with Crippen molar-refractivity contribution in [3.8, 4) is 0 Å². The molecule has 0 aromatic carbocycles. The molecule has 65 heavy (non-hydrogen) atoms. The van der Waals surface area contributed by atoms with E-state index in [9.17, 15) is 57.6 Å². The molecule has 0 aromatic heterocycles. The number of alkyl carbamates (subject to hydrolysis) is 3. The molecule has 24 heteroatoms. The minimum absolute atomic E-state index is 0.00157. The van der Waals surface area contributed by atoms with Crippen LogP contribution in [-0.2, 0) is 42.7 Å². The number of hydrogen-bond acceptors (Lipinski definition) is 16. The summed E-state index contributed by atoms with van der Waals surface area (Å²) in [4.78, 5) is 64.4. The lowest BCUT2D eigenvalue weighted by Gasteiger charge is -2.49. The Morgan fingerprint density at radius 1 is 0.692 bits per heavy atom. The molecule has 2 aliphatic heterocycles. The van der Waals surface area contributed by atoms with Gasteiger partial charge < -0.3 is 80.2 Å². The molecule has 1 saturated carbocycles. The second kappa shape index (κ2) is 22.6. The lowest BCUT2D eigenvalue weighted by atomic mass is 9.83. The van der Waals surface area contributed by atoms with Gasteiger partial charge in [0.1, 0.15) is 59.5 Å². The largest absolute Gasteiger partial charge is 0.471 e. The molecule has 2 heterocycles. The van der Waals surface area contributed by atoms with Crippen molar-refractivity contribution in [3.05, 3.63) is 12.2 Å². The average Bonchev–Trinajstić information content (AvgIpc) is 3.14. The number of hydrogen-bond donors (Lipinski definition) is 9. The summed E-state index contributed by atoms with van der Waals surface area (Å²) in [5.41, 5.74) is -2.84. The summed E-state index contributed by atoms with van der Waals surface area (Å²) in [6.45, 7) is 17.6. The van der Waals surface area contributed by atoms with Crippen LogP contribution >= 0.6 is 0 Å². The summed E-state index contributed by atoms with van der Waals surface area (Å²) in [7, 11) is 0. The molecule has 0 spiro atoms. The van der Waals surface area contributed by atoms with Crippen LogP contribution in [0, 0.1) is 0 Å². The third-order valence-electron chi connectivity index (χ3n) is 9.78. The van der Waals surface area contributed by atoms with Gasteiger partial charge in [-0.25, -0.2) is 14.4 Å². The first kappa shape index (κ1) is 55.3. The fourth-order valence-electron chi connectivity index (χ4n) is 7.01. The SMILES string of the molecule is CCC[C@H](O)C(=O)N[C@@H]1C[C@H](NC(=O)OC(C)(C)C)C(O[C@H]2OC(CNC(=O)OC(C)(C)C)C=CC2NC(=O)OC(C)(C)C)C(O)[C@H]1O[C@H]1OC(CC)[C@@H](O)[C@H](NC(=O)C(F)(F)F)C1O. The summed E-state index contributed by atoms with van der Waals surface area (Å²) in [6.07, 6.45) is -22.3. The molecule has 9 N–H and O–H groups in total. The van der Waals surface area contributed by atoms with Crippen molar-refractivity contribution in [2.45, 2.75) is 210 Å². The second-order valence-corrected chi connectivity index (χ2v) is 19.0. The number of alkyl halides is 3. The molecule has 14 atom stereocenters. The van der Waals surface area contributed by atoms with Gasteiger partial charge in [-0.3, -0.25) is 9.59 Å². The summed E-state index contributed by atoms with van der Waals surface area (Å²) in [6, 6.07) is -5.96. The van der Waals surface area contributed by atoms with E-state index in [0.717, 1.165) is 0 Å². The van der Waals surface area contributed by atoms with Crippen LogP contribution in [0.5, 0.6) is 0 Å². The van der Waals surface area contributed by atoms with Crippen LogP contribution in [0.3, 0.4) is 0 Å². The third kappa shape index (κ3) is 17.3. The van der Waals surface area contributed by atoms with Crippen molar-refractivity contribution in [1.82, 2.24) is 26.6 Å². The second-order valence-electron chi connectivity index (χ2n) is 19.0. The van der Waals surface area contributed by atoms with Gasteiger partial charge in [-0.1, -0.05) is 32.4 Å². The van der Waals surface area contributed by atoms with E-state index < -0.39 is 145 Å². The Morgan fingerprint density at radius 2 is 1.22 bits per heavy atom. The number of carbonyl (C=O) groups is 5. The Balaban J connectivity index is 2.13. The maximum atomic E-state index is 13.4. The molecular formula is C41H68F3N5O16. The highest BCUT2D eigenvalue weighted by Crippen LogP contribution is 2.33. The number of carbonyl (C=O) groups excluding carboxylic acids is 5. The highest BCUT2D eigenvalue weighted by Gasteiger charge is 2.54. The van der Waals surface area contributed by atoms with E-state index in [1.54, 1.807) is 74.6 Å². The minimum Gasteiger partial charge on any atom is -0.444 e. The zero-order valence-electron chi connectivity index (χ0n) is 38.6. The summed E-state index contributed by atoms with van der Waals surface area (Å²) in [5.74, 6) is -3.43. The van der Waals surface area contributed by atoms with E-state index in [4.69, 9.17) is 33.2 Å². The van der Waals surface area contributed by atoms with Crippen molar-refractivity contribution in [1.29, 1.82) is 0 Å². The van der Waals surface area contributed by atoms with E-state index >= 15 is 0 Å².